The topological polar surface area (TPSA) is 9.23 Å². The van der Waals surface area contributed by atoms with Crippen LogP contribution in [0.2, 0.25) is 0 Å². The van der Waals surface area contributed by atoms with Crippen LogP contribution in [0.15, 0.2) is 24.3 Å². The van der Waals surface area contributed by atoms with E-state index in [2.05, 4.69) is 26.0 Å². The summed E-state index contributed by atoms with van der Waals surface area (Å²) in [6.45, 7) is 4.99. The van der Waals surface area contributed by atoms with Crippen molar-refractivity contribution < 1.29 is 13.5 Å². The molecule has 0 N–H and O–H groups in total. The molecule has 0 heterocycles. The molecule has 3 heteroatoms. The first-order valence-corrected chi connectivity index (χ1v) is 16.4. The molecule has 1 aromatic carbocycles. The monoisotopic (exact) mass is 528 g/mol. The third-order valence-corrected chi connectivity index (χ3v) is 10.3. The van der Waals surface area contributed by atoms with Gasteiger partial charge in [0.25, 0.3) is 0 Å². The van der Waals surface area contributed by atoms with E-state index in [1.165, 1.54) is 77.0 Å². The Labute approximate surface area is 232 Å². The van der Waals surface area contributed by atoms with Gasteiger partial charge in [-0.2, -0.15) is 4.39 Å². The summed E-state index contributed by atoms with van der Waals surface area (Å²) >= 11 is 0. The predicted molar refractivity (Wildman–Crippen MR) is 156 cm³/mol. The smallest absolute Gasteiger partial charge is 0.200 e. The Bertz CT molecular complexity index is 848. The number of allylic oxidation sites excluding steroid dienone is 2. The average molecular weight is 529 g/mol. The van der Waals surface area contributed by atoms with Gasteiger partial charge in [0.2, 0.25) is 5.82 Å². The van der Waals surface area contributed by atoms with Crippen LogP contribution in [0.4, 0.5) is 8.78 Å². The first-order chi connectivity index (χ1) is 18.6. The Morgan fingerprint density at radius 2 is 1.42 bits per heavy atom. The van der Waals surface area contributed by atoms with Crippen LogP contribution in [0.3, 0.4) is 0 Å². The highest BCUT2D eigenvalue weighted by Gasteiger charge is 2.29. The molecule has 3 aliphatic rings. The van der Waals surface area contributed by atoms with Gasteiger partial charge in [-0.15, -0.1) is 0 Å². The summed E-state index contributed by atoms with van der Waals surface area (Å²) in [5, 5.41) is 0. The van der Waals surface area contributed by atoms with Crippen LogP contribution in [-0.4, -0.2) is 6.61 Å². The fourth-order valence-electron chi connectivity index (χ4n) is 7.79. The standard InChI is InChI=1S/C35H54F2O/c1-3-5-6-9-27-11-17-29(18-12-27)30-19-13-28(14-20-30)10-7-25-38-33-24-23-32(34(36)35(33)37)31-21-15-26(8-4-2)16-22-31/h11,17,23-24,26-31H,3-10,12-16,18-22,25H2,1-2H3. The summed E-state index contributed by atoms with van der Waals surface area (Å²) < 4.78 is 35.5. The Morgan fingerprint density at radius 3 is 2.11 bits per heavy atom. The number of unbranched alkanes of at least 4 members (excludes halogenated alkanes) is 2. The molecule has 38 heavy (non-hydrogen) atoms. The van der Waals surface area contributed by atoms with E-state index >= 15 is 0 Å². The van der Waals surface area contributed by atoms with E-state index in [4.69, 9.17) is 4.74 Å². The zero-order valence-corrected chi connectivity index (χ0v) is 24.4. The molecule has 1 nitrogen and oxygen atoms in total. The molecule has 4 rings (SSSR count). The van der Waals surface area contributed by atoms with Gasteiger partial charge in [0.1, 0.15) is 0 Å². The summed E-state index contributed by atoms with van der Waals surface area (Å²) in [5.74, 6) is 2.80. The molecule has 3 aliphatic carbocycles. The third-order valence-electron chi connectivity index (χ3n) is 10.3. The first kappa shape index (κ1) is 29.6. The van der Waals surface area contributed by atoms with Crippen molar-refractivity contribution in [3.05, 3.63) is 41.5 Å². The molecular formula is C35H54F2O. The van der Waals surface area contributed by atoms with Gasteiger partial charge in [0, 0.05) is 0 Å². The van der Waals surface area contributed by atoms with Gasteiger partial charge in [-0.25, -0.2) is 4.39 Å². The van der Waals surface area contributed by atoms with Gasteiger partial charge in [0.05, 0.1) is 6.61 Å². The van der Waals surface area contributed by atoms with Crippen LogP contribution >= 0.6 is 0 Å². The maximum atomic E-state index is 14.9. The predicted octanol–water partition coefficient (Wildman–Crippen LogP) is 11.2. The third kappa shape index (κ3) is 8.31. The van der Waals surface area contributed by atoms with Gasteiger partial charge in [-0.1, -0.05) is 77.0 Å². The Kier molecular flexibility index (Phi) is 12.0. The van der Waals surface area contributed by atoms with E-state index in [0.717, 1.165) is 68.1 Å². The SMILES string of the molecule is CCCCCC1C=CC(C2CCC(CCCOc3ccc(C4CCC(CCC)CC4)c(F)c3F)CC2)CC1. The van der Waals surface area contributed by atoms with E-state index in [9.17, 15) is 8.78 Å². The molecule has 2 fully saturated rings. The molecule has 0 aromatic heterocycles. The fraction of sp³-hybridized carbons (Fsp3) is 0.771. The minimum atomic E-state index is -0.785. The van der Waals surface area contributed by atoms with Crippen LogP contribution in [-0.2, 0) is 0 Å². The van der Waals surface area contributed by atoms with Crippen molar-refractivity contribution in [3.63, 3.8) is 0 Å². The van der Waals surface area contributed by atoms with Gasteiger partial charge in [-0.05, 0) is 118 Å². The van der Waals surface area contributed by atoms with Gasteiger partial charge >= 0.3 is 0 Å². The number of benzene rings is 1. The zero-order chi connectivity index (χ0) is 26.7. The lowest BCUT2D eigenvalue weighted by Crippen LogP contribution is -2.23. The number of halogens is 2. The molecule has 0 amide bonds. The quantitative estimate of drug-likeness (QED) is 0.183. The van der Waals surface area contributed by atoms with E-state index in [1.54, 1.807) is 12.1 Å². The summed E-state index contributed by atoms with van der Waals surface area (Å²) in [5.41, 5.74) is 0.557. The normalized spacial score (nSPS) is 29.9. The van der Waals surface area contributed by atoms with Crippen LogP contribution in [0.1, 0.15) is 141 Å². The molecule has 0 spiro atoms. The van der Waals surface area contributed by atoms with Crippen LogP contribution in [0.5, 0.6) is 5.75 Å². The fourth-order valence-corrected chi connectivity index (χ4v) is 7.79. The largest absolute Gasteiger partial charge is 0.490 e. The molecule has 0 aliphatic heterocycles. The molecular weight excluding hydrogens is 474 g/mol. The second kappa shape index (κ2) is 15.4. The maximum Gasteiger partial charge on any atom is 0.200 e. The molecule has 0 radical (unpaired) electrons. The highest BCUT2D eigenvalue weighted by molar-refractivity contribution is 5.33. The summed E-state index contributed by atoms with van der Waals surface area (Å²) in [6, 6.07) is 3.45. The van der Waals surface area contributed by atoms with Crippen molar-refractivity contribution in [1.29, 1.82) is 0 Å². The Morgan fingerprint density at radius 1 is 0.684 bits per heavy atom. The van der Waals surface area contributed by atoms with Crippen molar-refractivity contribution in [2.45, 2.75) is 135 Å². The van der Waals surface area contributed by atoms with E-state index < -0.39 is 11.6 Å². The van der Waals surface area contributed by atoms with Crippen LogP contribution in [0, 0.1) is 41.2 Å². The molecule has 0 bridgehead atoms. The number of rotatable bonds is 13. The van der Waals surface area contributed by atoms with Crippen molar-refractivity contribution in [2.24, 2.45) is 29.6 Å². The summed E-state index contributed by atoms with van der Waals surface area (Å²) in [4.78, 5) is 0. The second-order valence-electron chi connectivity index (χ2n) is 12.9. The van der Waals surface area contributed by atoms with Crippen molar-refractivity contribution in [3.8, 4) is 5.75 Å². The molecule has 214 valence electrons. The highest BCUT2D eigenvalue weighted by Crippen LogP contribution is 2.41. The summed E-state index contributed by atoms with van der Waals surface area (Å²) in [7, 11) is 0. The lowest BCUT2D eigenvalue weighted by atomic mass is 9.71. The molecule has 1 aromatic rings. The minimum Gasteiger partial charge on any atom is -0.490 e. The lowest BCUT2D eigenvalue weighted by Gasteiger charge is -2.35. The van der Waals surface area contributed by atoms with E-state index in [0.29, 0.717) is 12.2 Å². The summed E-state index contributed by atoms with van der Waals surface area (Å²) in [6.07, 6.45) is 27.4. The van der Waals surface area contributed by atoms with Crippen LogP contribution < -0.4 is 4.74 Å². The molecule has 2 saturated carbocycles. The second-order valence-corrected chi connectivity index (χ2v) is 12.9. The molecule has 2 unspecified atom stereocenters. The van der Waals surface area contributed by atoms with Crippen molar-refractivity contribution in [2.75, 3.05) is 6.61 Å². The lowest BCUT2D eigenvalue weighted by molar-refractivity contribution is 0.194. The van der Waals surface area contributed by atoms with Crippen molar-refractivity contribution in [1.82, 2.24) is 0 Å². The Hall–Kier alpha value is -1.38. The number of hydrogen-bond acceptors (Lipinski definition) is 1. The van der Waals surface area contributed by atoms with Gasteiger partial charge < -0.3 is 4.74 Å². The van der Waals surface area contributed by atoms with Crippen molar-refractivity contribution >= 4 is 0 Å². The van der Waals surface area contributed by atoms with E-state index in [-0.39, 0.29) is 11.7 Å². The zero-order valence-electron chi connectivity index (χ0n) is 24.4. The Balaban J connectivity index is 1.13. The molecule has 0 saturated heterocycles. The minimum absolute atomic E-state index is 0.0895. The number of hydrogen-bond donors (Lipinski definition) is 0. The first-order valence-electron chi connectivity index (χ1n) is 16.4. The highest BCUT2D eigenvalue weighted by atomic mass is 19.2. The van der Waals surface area contributed by atoms with Crippen LogP contribution in [0.25, 0.3) is 0 Å². The molecule has 2 atom stereocenters. The van der Waals surface area contributed by atoms with E-state index in [1.807, 2.05) is 0 Å². The maximum absolute atomic E-state index is 14.9. The average Bonchev–Trinajstić information content (AvgIpc) is 2.95. The van der Waals surface area contributed by atoms with Gasteiger partial charge in [-0.3, -0.25) is 0 Å². The number of ether oxygens (including phenoxy) is 1. The van der Waals surface area contributed by atoms with Gasteiger partial charge in [0.15, 0.2) is 11.6 Å².